The van der Waals surface area contributed by atoms with Crippen LogP contribution in [0.3, 0.4) is 0 Å². The molecule has 0 bridgehead atoms. The molecule has 0 atom stereocenters. The van der Waals surface area contributed by atoms with Gasteiger partial charge in [-0.3, -0.25) is 0 Å². The zero-order valence-electron chi connectivity index (χ0n) is 11.3. The summed E-state index contributed by atoms with van der Waals surface area (Å²) in [7, 11) is 0. The number of hydrogen-bond donors (Lipinski definition) is 1. The number of nitrogens with two attached hydrogens (primary N) is 1. The van der Waals surface area contributed by atoms with Crippen molar-refractivity contribution in [2.45, 2.75) is 21.6 Å². The molecular formula is C11H13N7S3. The van der Waals surface area contributed by atoms with Gasteiger partial charge in [0.05, 0.1) is 6.33 Å². The van der Waals surface area contributed by atoms with Crippen molar-refractivity contribution in [3.8, 4) is 0 Å². The molecule has 0 spiro atoms. The molecule has 0 aliphatic carbocycles. The number of aromatic nitrogens is 6. The highest BCUT2D eigenvalue weighted by molar-refractivity contribution is 8.02. The van der Waals surface area contributed by atoms with Crippen LogP contribution in [-0.2, 0) is 6.54 Å². The minimum Gasteiger partial charge on any atom is -0.382 e. The number of hydrogen-bond acceptors (Lipinski definition) is 9. The quantitative estimate of drug-likeness (QED) is 0.539. The Morgan fingerprint density at radius 1 is 1.24 bits per heavy atom. The molecular weight excluding hydrogens is 326 g/mol. The van der Waals surface area contributed by atoms with E-state index < -0.39 is 0 Å². The summed E-state index contributed by atoms with van der Waals surface area (Å²) in [6, 6.07) is 0. The van der Waals surface area contributed by atoms with Gasteiger partial charge in [0.25, 0.3) is 0 Å². The highest BCUT2D eigenvalue weighted by Gasteiger charge is 2.08. The third-order valence-electron chi connectivity index (χ3n) is 2.76. The van der Waals surface area contributed by atoms with Crippen LogP contribution in [0, 0.1) is 0 Å². The molecule has 110 valence electrons. The zero-order chi connectivity index (χ0) is 14.7. The van der Waals surface area contributed by atoms with Gasteiger partial charge in [0.15, 0.2) is 20.1 Å². The number of aryl methyl sites for hydroxylation is 1. The van der Waals surface area contributed by atoms with Crippen molar-refractivity contribution in [2.75, 3.05) is 17.7 Å². The molecule has 0 saturated heterocycles. The predicted octanol–water partition coefficient (Wildman–Crippen LogP) is 2.16. The summed E-state index contributed by atoms with van der Waals surface area (Å²) < 4.78 is 4.02. The Hall–Kier alpha value is -1.39. The van der Waals surface area contributed by atoms with Gasteiger partial charge in [0.2, 0.25) is 0 Å². The minimum atomic E-state index is 0.423. The number of anilines is 1. The summed E-state index contributed by atoms with van der Waals surface area (Å²) in [5.41, 5.74) is 7.22. The molecule has 0 fully saturated rings. The Morgan fingerprint density at radius 2 is 2.10 bits per heavy atom. The first-order chi connectivity index (χ1) is 10.3. The van der Waals surface area contributed by atoms with Crippen LogP contribution in [0.5, 0.6) is 0 Å². The Balaban J connectivity index is 1.56. The van der Waals surface area contributed by atoms with Crippen molar-refractivity contribution in [1.29, 1.82) is 0 Å². The van der Waals surface area contributed by atoms with Gasteiger partial charge in [0.1, 0.15) is 11.8 Å². The van der Waals surface area contributed by atoms with E-state index in [9.17, 15) is 0 Å². The monoisotopic (exact) mass is 339 g/mol. The molecule has 0 saturated carbocycles. The highest BCUT2D eigenvalue weighted by atomic mass is 32.2. The van der Waals surface area contributed by atoms with Crippen LogP contribution in [0.2, 0.25) is 0 Å². The second-order valence-corrected chi connectivity index (χ2v) is 7.48. The number of rotatable bonds is 6. The van der Waals surface area contributed by atoms with E-state index >= 15 is 0 Å². The molecule has 3 heterocycles. The van der Waals surface area contributed by atoms with Gasteiger partial charge in [-0.25, -0.2) is 15.0 Å². The average Bonchev–Trinajstić information content (AvgIpc) is 3.11. The molecule has 0 amide bonds. The maximum Gasteiger partial charge on any atom is 0.175 e. The topological polar surface area (TPSA) is 95.4 Å². The summed E-state index contributed by atoms with van der Waals surface area (Å²) in [6.45, 7) is 0.841. The first-order valence-electron chi connectivity index (χ1n) is 6.19. The Labute approximate surface area is 133 Å². The number of thioether (sulfide) groups is 2. The predicted molar refractivity (Wildman–Crippen MR) is 86.8 cm³/mol. The summed E-state index contributed by atoms with van der Waals surface area (Å²) in [6.07, 6.45) is 6.23. The Morgan fingerprint density at radius 3 is 2.90 bits per heavy atom. The number of imidazole rings is 1. The van der Waals surface area contributed by atoms with Gasteiger partial charge < -0.3 is 10.3 Å². The smallest absolute Gasteiger partial charge is 0.175 e. The number of nitrogen functional groups attached to an aromatic ring is 1. The molecule has 0 aliphatic rings. The van der Waals surface area contributed by atoms with Gasteiger partial charge in [-0.15, -0.1) is 10.2 Å². The van der Waals surface area contributed by atoms with Gasteiger partial charge in [-0.2, -0.15) is 0 Å². The molecule has 10 heteroatoms. The fourth-order valence-corrected chi connectivity index (χ4v) is 4.23. The third kappa shape index (κ3) is 3.27. The van der Waals surface area contributed by atoms with Crippen molar-refractivity contribution in [3.63, 3.8) is 0 Å². The SMILES string of the molecule is CSc1nnc(SCCCn2cnc3c(N)ncnc32)s1. The second kappa shape index (κ2) is 6.58. The maximum absolute atomic E-state index is 5.77. The zero-order valence-corrected chi connectivity index (χ0v) is 13.7. The van der Waals surface area contributed by atoms with Gasteiger partial charge in [-0.05, 0) is 12.7 Å². The molecule has 3 rings (SSSR count). The standard InChI is InChI=1S/C11H13N7S3/c1-19-10-16-17-11(21-10)20-4-2-3-18-6-15-7-8(12)13-5-14-9(7)18/h5-6H,2-4H2,1H3,(H2,12,13,14). The van der Waals surface area contributed by atoms with Gasteiger partial charge in [-0.1, -0.05) is 34.9 Å². The van der Waals surface area contributed by atoms with Gasteiger partial charge in [0, 0.05) is 12.3 Å². The Bertz CT molecular complexity index is 738. The maximum atomic E-state index is 5.77. The number of fused-ring (bicyclic) bond motifs is 1. The third-order valence-corrected chi connectivity index (χ3v) is 5.88. The lowest BCUT2D eigenvalue weighted by atomic mass is 10.4. The summed E-state index contributed by atoms with van der Waals surface area (Å²) in [5, 5.41) is 8.22. The van der Waals surface area contributed by atoms with Crippen LogP contribution in [0.1, 0.15) is 6.42 Å². The highest BCUT2D eigenvalue weighted by Crippen LogP contribution is 2.27. The Kier molecular flexibility index (Phi) is 4.56. The summed E-state index contributed by atoms with van der Waals surface area (Å²) >= 11 is 4.98. The van der Waals surface area contributed by atoms with E-state index in [4.69, 9.17) is 5.73 Å². The molecule has 3 aromatic heterocycles. The molecule has 0 unspecified atom stereocenters. The summed E-state index contributed by atoms with van der Waals surface area (Å²) in [5.74, 6) is 1.40. The van der Waals surface area contributed by atoms with E-state index in [0.29, 0.717) is 11.3 Å². The van der Waals surface area contributed by atoms with Crippen molar-refractivity contribution in [3.05, 3.63) is 12.7 Å². The number of nitrogens with zero attached hydrogens (tertiary/aromatic N) is 6. The van der Waals surface area contributed by atoms with Crippen molar-refractivity contribution in [2.24, 2.45) is 0 Å². The van der Waals surface area contributed by atoms with Crippen LogP contribution in [0.15, 0.2) is 21.3 Å². The molecule has 3 aromatic rings. The van der Waals surface area contributed by atoms with Crippen LogP contribution in [0.25, 0.3) is 11.2 Å². The fourth-order valence-electron chi connectivity index (χ4n) is 1.79. The van der Waals surface area contributed by atoms with Gasteiger partial charge >= 0.3 is 0 Å². The van der Waals surface area contributed by atoms with E-state index in [1.54, 1.807) is 41.2 Å². The molecule has 7 nitrogen and oxygen atoms in total. The van der Waals surface area contributed by atoms with Crippen molar-refractivity contribution < 1.29 is 0 Å². The van der Waals surface area contributed by atoms with Crippen LogP contribution >= 0.6 is 34.9 Å². The molecule has 2 N–H and O–H groups in total. The molecule has 21 heavy (non-hydrogen) atoms. The average molecular weight is 339 g/mol. The van der Waals surface area contributed by atoms with Crippen molar-refractivity contribution >= 4 is 51.8 Å². The lowest BCUT2D eigenvalue weighted by molar-refractivity contribution is 0.696. The van der Waals surface area contributed by atoms with E-state index in [2.05, 4.69) is 25.1 Å². The first kappa shape index (κ1) is 14.5. The van der Waals surface area contributed by atoms with Crippen LogP contribution < -0.4 is 5.73 Å². The van der Waals surface area contributed by atoms with E-state index in [1.807, 2.05) is 10.8 Å². The van der Waals surface area contributed by atoms with E-state index in [-0.39, 0.29) is 0 Å². The molecule has 0 aliphatic heterocycles. The first-order valence-corrected chi connectivity index (χ1v) is 9.22. The summed E-state index contributed by atoms with van der Waals surface area (Å²) in [4.78, 5) is 12.4. The largest absolute Gasteiger partial charge is 0.382 e. The lowest BCUT2D eigenvalue weighted by Gasteiger charge is -2.02. The fraction of sp³-hybridized carbons (Fsp3) is 0.364. The van der Waals surface area contributed by atoms with E-state index in [1.165, 1.54) is 6.33 Å². The van der Waals surface area contributed by atoms with Crippen molar-refractivity contribution in [1.82, 2.24) is 29.7 Å². The second-order valence-electron chi connectivity index (χ2n) is 4.11. The van der Waals surface area contributed by atoms with Crippen LogP contribution in [0.4, 0.5) is 5.82 Å². The van der Waals surface area contributed by atoms with E-state index in [0.717, 1.165) is 33.0 Å². The molecule has 0 radical (unpaired) electrons. The lowest BCUT2D eigenvalue weighted by Crippen LogP contribution is -2.00. The minimum absolute atomic E-state index is 0.423. The molecule has 0 aromatic carbocycles. The van der Waals surface area contributed by atoms with Crippen LogP contribution in [-0.4, -0.2) is 41.7 Å². The normalized spacial score (nSPS) is 11.3.